The zero-order valence-corrected chi connectivity index (χ0v) is 20.2. The van der Waals surface area contributed by atoms with Gasteiger partial charge in [-0.1, -0.05) is 0 Å². The van der Waals surface area contributed by atoms with Crippen molar-refractivity contribution in [2.45, 2.75) is 38.3 Å². The number of thiazole rings is 1. The maximum Gasteiger partial charge on any atom is 0.434 e. The lowest BCUT2D eigenvalue weighted by Gasteiger charge is -2.30. The molecule has 0 spiro atoms. The summed E-state index contributed by atoms with van der Waals surface area (Å²) < 4.78 is 37.7. The van der Waals surface area contributed by atoms with Gasteiger partial charge in [0, 0.05) is 37.9 Å². The van der Waals surface area contributed by atoms with Crippen molar-refractivity contribution in [1.82, 2.24) is 20.5 Å². The average molecular weight is 562 g/mol. The Balaban J connectivity index is 0.00000450. The predicted molar refractivity (Wildman–Crippen MR) is 123 cm³/mol. The van der Waals surface area contributed by atoms with Gasteiger partial charge >= 0.3 is 6.18 Å². The van der Waals surface area contributed by atoms with Crippen LogP contribution in [0.25, 0.3) is 0 Å². The topological polar surface area (TPSA) is 95.6 Å². The van der Waals surface area contributed by atoms with E-state index >= 15 is 0 Å². The lowest BCUT2D eigenvalue weighted by atomic mass is 9.96. The Morgan fingerprint density at radius 3 is 2.53 bits per heavy atom. The van der Waals surface area contributed by atoms with Crippen molar-refractivity contribution in [3.8, 4) is 0 Å². The van der Waals surface area contributed by atoms with Gasteiger partial charge in [0.1, 0.15) is 0 Å². The molecule has 172 valence electrons. The van der Waals surface area contributed by atoms with Crippen LogP contribution in [0.4, 0.5) is 13.2 Å². The Morgan fingerprint density at radius 2 is 1.97 bits per heavy atom. The molecule has 2 heterocycles. The first-order valence-corrected chi connectivity index (χ1v) is 10.7. The SMILES string of the molecule is CN=C(NCCCCN1CCC(C(N)=O)CC1)NCCc1nc(C(F)(F)F)cs1.I. The number of aromatic nitrogens is 1. The number of aliphatic imine (C=N–C) groups is 1. The molecule has 1 fully saturated rings. The van der Waals surface area contributed by atoms with Crippen molar-refractivity contribution in [2.24, 2.45) is 16.6 Å². The van der Waals surface area contributed by atoms with E-state index in [9.17, 15) is 18.0 Å². The molecule has 1 amide bonds. The summed E-state index contributed by atoms with van der Waals surface area (Å²) in [6, 6.07) is 0. The van der Waals surface area contributed by atoms with Crippen molar-refractivity contribution < 1.29 is 18.0 Å². The number of nitrogens with zero attached hydrogens (tertiary/aromatic N) is 3. The van der Waals surface area contributed by atoms with Crippen LogP contribution in [0, 0.1) is 5.92 Å². The number of rotatable bonds is 9. The van der Waals surface area contributed by atoms with Gasteiger partial charge in [-0.25, -0.2) is 4.98 Å². The lowest BCUT2D eigenvalue weighted by molar-refractivity contribution is -0.140. The number of nitrogens with two attached hydrogens (primary N) is 1. The zero-order chi connectivity index (χ0) is 21.3. The highest BCUT2D eigenvalue weighted by molar-refractivity contribution is 14.0. The second kappa shape index (κ2) is 13.3. The summed E-state index contributed by atoms with van der Waals surface area (Å²) in [5.41, 5.74) is 4.51. The number of amides is 1. The molecule has 0 radical (unpaired) electrons. The Hall–Kier alpha value is -1.15. The molecular weight excluding hydrogens is 532 g/mol. The third-order valence-electron chi connectivity index (χ3n) is 4.88. The molecule has 12 heteroatoms. The fraction of sp³-hybridized carbons (Fsp3) is 0.722. The summed E-state index contributed by atoms with van der Waals surface area (Å²) in [6.45, 7) is 4.03. The predicted octanol–water partition coefficient (Wildman–Crippen LogP) is 2.46. The molecule has 2 rings (SSSR count). The van der Waals surface area contributed by atoms with Gasteiger partial charge in [-0.2, -0.15) is 13.2 Å². The minimum absolute atomic E-state index is 0. The normalized spacial score (nSPS) is 16.2. The molecule has 0 saturated carbocycles. The first-order valence-electron chi connectivity index (χ1n) is 9.77. The summed E-state index contributed by atoms with van der Waals surface area (Å²) in [6.07, 6.45) is -0.302. The standard InChI is InChI=1S/C18H29F3N6OS.HI/c1-23-17(25-8-4-15-26-14(12-29-15)18(19,20)21)24-7-2-3-9-27-10-5-13(6-11-27)16(22)28;/h12-13H,2-11H2,1H3,(H2,22,28)(H2,23,24,25);1H. The number of hydrogen-bond acceptors (Lipinski definition) is 5. The van der Waals surface area contributed by atoms with Gasteiger partial charge in [-0.3, -0.25) is 9.79 Å². The van der Waals surface area contributed by atoms with E-state index < -0.39 is 11.9 Å². The first-order chi connectivity index (χ1) is 13.8. The van der Waals surface area contributed by atoms with Gasteiger partial charge in [-0.15, -0.1) is 35.3 Å². The summed E-state index contributed by atoms with van der Waals surface area (Å²) in [5.74, 6) is 0.454. The van der Waals surface area contributed by atoms with Gasteiger partial charge in [0.25, 0.3) is 0 Å². The highest BCUT2D eigenvalue weighted by Crippen LogP contribution is 2.30. The molecule has 4 N–H and O–H groups in total. The third kappa shape index (κ3) is 9.33. The Morgan fingerprint density at radius 1 is 1.30 bits per heavy atom. The fourth-order valence-corrected chi connectivity index (χ4v) is 3.98. The van der Waals surface area contributed by atoms with Crippen LogP contribution in [0.15, 0.2) is 10.4 Å². The maximum atomic E-state index is 12.6. The highest BCUT2D eigenvalue weighted by Gasteiger charge is 2.33. The summed E-state index contributed by atoms with van der Waals surface area (Å²) in [5, 5.41) is 7.78. The minimum atomic E-state index is -4.39. The second-order valence-corrected chi connectivity index (χ2v) is 7.97. The Kier molecular flexibility index (Phi) is 11.9. The van der Waals surface area contributed by atoms with E-state index in [2.05, 4.69) is 25.5 Å². The van der Waals surface area contributed by atoms with Crippen molar-refractivity contribution in [3.63, 3.8) is 0 Å². The molecule has 0 unspecified atom stereocenters. The van der Waals surface area contributed by atoms with Crippen LogP contribution in [0.5, 0.6) is 0 Å². The number of guanidine groups is 1. The number of carbonyl (C=O) groups excluding carboxylic acids is 1. The largest absolute Gasteiger partial charge is 0.434 e. The molecule has 1 saturated heterocycles. The molecule has 7 nitrogen and oxygen atoms in total. The molecule has 1 aromatic rings. The number of unbranched alkanes of at least 4 members (excludes halogenated alkanes) is 1. The van der Waals surface area contributed by atoms with Crippen LogP contribution in [0.3, 0.4) is 0 Å². The van der Waals surface area contributed by atoms with E-state index in [0.717, 1.165) is 68.6 Å². The Labute approximate surface area is 196 Å². The van der Waals surface area contributed by atoms with E-state index in [0.29, 0.717) is 23.9 Å². The molecule has 1 aliphatic rings. The molecule has 30 heavy (non-hydrogen) atoms. The van der Waals surface area contributed by atoms with Crippen LogP contribution < -0.4 is 16.4 Å². The van der Waals surface area contributed by atoms with E-state index in [-0.39, 0.29) is 35.8 Å². The number of hydrogen-bond donors (Lipinski definition) is 3. The molecule has 0 bridgehead atoms. The number of carbonyl (C=O) groups is 1. The highest BCUT2D eigenvalue weighted by atomic mass is 127. The third-order valence-corrected chi connectivity index (χ3v) is 5.79. The van der Waals surface area contributed by atoms with E-state index in [1.54, 1.807) is 7.05 Å². The number of piperidine rings is 1. The summed E-state index contributed by atoms with van der Waals surface area (Å²) >= 11 is 1.01. The van der Waals surface area contributed by atoms with E-state index in [1.807, 2.05) is 0 Å². The van der Waals surface area contributed by atoms with Crippen molar-refractivity contribution >= 4 is 47.2 Å². The van der Waals surface area contributed by atoms with Crippen molar-refractivity contribution in [3.05, 3.63) is 16.1 Å². The van der Waals surface area contributed by atoms with Gasteiger partial charge < -0.3 is 21.3 Å². The minimum Gasteiger partial charge on any atom is -0.369 e. The maximum absolute atomic E-state index is 12.6. The Bertz CT molecular complexity index is 677. The molecular formula is C18H30F3IN6OS. The quantitative estimate of drug-likeness (QED) is 0.186. The molecule has 1 aliphatic heterocycles. The van der Waals surface area contributed by atoms with Gasteiger partial charge in [-0.05, 0) is 45.3 Å². The average Bonchev–Trinajstić information content (AvgIpc) is 3.16. The number of alkyl halides is 3. The summed E-state index contributed by atoms with van der Waals surface area (Å²) in [4.78, 5) is 21.3. The van der Waals surface area contributed by atoms with Crippen LogP contribution in [-0.2, 0) is 17.4 Å². The molecule has 0 atom stereocenters. The number of nitrogens with one attached hydrogen (secondary N) is 2. The molecule has 1 aromatic heterocycles. The zero-order valence-electron chi connectivity index (χ0n) is 17.0. The van der Waals surface area contributed by atoms with Gasteiger partial charge in [0.05, 0.1) is 5.01 Å². The first kappa shape index (κ1) is 26.9. The number of likely N-dealkylation sites (tertiary alicyclic amines) is 1. The van der Waals surface area contributed by atoms with Gasteiger partial charge in [0.2, 0.25) is 5.91 Å². The van der Waals surface area contributed by atoms with Crippen LogP contribution in [-0.4, -0.2) is 61.5 Å². The number of primary amides is 1. The second-order valence-electron chi connectivity index (χ2n) is 7.03. The van der Waals surface area contributed by atoms with Crippen molar-refractivity contribution in [2.75, 3.05) is 39.8 Å². The molecule has 0 aromatic carbocycles. The van der Waals surface area contributed by atoms with Crippen LogP contribution in [0.2, 0.25) is 0 Å². The van der Waals surface area contributed by atoms with Crippen LogP contribution in [0.1, 0.15) is 36.4 Å². The summed E-state index contributed by atoms with van der Waals surface area (Å²) in [7, 11) is 1.66. The lowest BCUT2D eigenvalue weighted by Crippen LogP contribution is -2.40. The molecule has 0 aliphatic carbocycles. The van der Waals surface area contributed by atoms with Crippen molar-refractivity contribution in [1.29, 1.82) is 0 Å². The monoisotopic (exact) mass is 562 g/mol. The number of halogens is 4. The van der Waals surface area contributed by atoms with Crippen LogP contribution >= 0.6 is 35.3 Å². The smallest absolute Gasteiger partial charge is 0.369 e. The van der Waals surface area contributed by atoms with E-state index in [4.69, 9.17) is 5.73 Å². The van der Waals surface area contributed by atoms with E-state index in [1.165, 1.54) is 0 Å². The van der Waals surface area contributed by atoms with Gasteiger partial charge in [0.15, 0.2) is 11.7 Å². The fourth-order valence-electron chi connectivity index (χ4n) is 3.17.